The Bertz CT molecular complexity index is 1130. The highest BCUT2D eigenvalue weighted by Gasteiger charge is 2.39. The van der Waals surface area contributed by atoms with Gasteiger partial charge in [0.2, 0.25) is 11.8 Å². The van der Waals surface area contributed by atoms with Crippen LogP contribution in [0.2, 0.25) is 0 Å². The Kier molecular flexibility index (Phi) is 7.88. The highest BCUT2D eigenvalue weighted by molar-refractivity contribution is 8.00. The first-order valence-corrected chi connectivity index (χ1v) is 12.7. The predicted molar refractivity (Wildman–Crippen MR) is 127 cm³/mol. The molecule has 2 atom stereocenters. The molecule has 2 amide bonds. The van der Waals surface area contributed by atoms with Gasteiger partial charge in [0.15, 0.2) is 15.1 Å². The van der Waals surface area contributed by atoms with Gasteiger partial charge in [0.05, 0.1) is 24.9 Å². The van der Waals surface area contributed by atoms with Crippen molar-refractivity contribution in [2.75, 3.05) is 31.8 Å². The van der Waals surface area contributed by atoms with Crippen molar-refractivity contribution in [1.29, 1.82) is 0 Å². The van der Waals surface area contributed by atoms with Gasteiger partial charge in [0.25, 0.3) is 0 Å². The number of anilines is 1. The van der Waals surface area contributed by atoms with Crippen LogP contribution < -0.4 is 25.4 Å². The normalized spacial score (nSPS) is 18.4. The Balaban J connectivity index is 1.57. The summed E-state index contributed by atoms with van der Waals surface area (Å²) in [5.41, 5.74) is 1.47. The molecule has 9 nitrogen and oxygen atoms in total. The monoisotopic (exact) mass is 493 g/mol. The van der Waals surface area contributed by atoms with E-state index in [-0.39, 0.29) is 23.1 Å². The molecule has 1 fully saturated rings. The zero-order valence-corrected chi connectivity index (χ0v) is 20.4. The fourth-order valence-electron chi connectivity index (χ4n) is 3.44. The molecular formula is C22H27N3O6S2. The summed E-state index contributed by atoms with van der Waals surface area (Å²) in [6.07, 6.45) is 0. The molecule has 1 heterocycles. The fraction of sp³-hybridized carbons (Fsp3) is 0.364. The van der Waals surface area contributed by atoms with Gasteiger partial charge in [0.1, 0.15) is 17.0 Å². The van der Waals surface area contributed by atoms with E-state index in [0.717, 1.165) is 17.3 Å². The number of methoxy groups -OCH3 is 2. The van der Waals surface area contributed by atoms with E-state index in [0.29, 0.717) is 22.7 Å². The largest absolute Gasteiger partial charge is 0.497 e. The number of aryl methyl sites for hydroxylation is 2. The molecule has 0 radical (unpaired) electrons. The SMILES string of the molecule is COc1cc(NC(=O)CSC2NCC(S(=O)(=O)c3ccc(C)cc3C)C(=O)N2)cc(OC)c1. The summed E-state index contributed by atoms with van der Waals surface area (Å²) in [5.74, 6) is 0.219. The van der Waals surface area contributed by atoms with Crippen LogP contribution in [0.1, 0.15) is 11.1 Å². The van der Waals surface area contributed by atoms with Crippen molar-refractivity contribution in [3.05, 3.63) is 47.5 Å². The summed E-state index contributed by atoms with van der Waals surface area (Å²) in [7, 11) is -0.824. The van der Waals surface area contributed by atoms with Gasteiger partial charge in [-0.3, -0.25) is 14.9 Å². The smallest absolute Gasteiger partial charge is 0.241 e. The van der Waals surface area contributed by atoms with Crippen LogP contribution in [0.5, 0.6) is 11.5 Å². The van der Waals surface area contributed by atoms with Crippen molar-refractivity contribution in [3.8, 4) is 11.5 Å². The highest BCUT2D eigenvalue weighted by Crippen LogP contribution is 2.26. The lowest BCUT2D eigenvalue weighted by Gasteiger charge is -2.30. The number of ether oxygens (including phenoxy) is 2. The van der Waals surface area contributed by atoms with E-state index in [1.807, 2.05) is 6.92 Å². The van der Waals surface area contributed by atoms with E-state index in [1.54, 1.807) is 37.3 Å². The molecule has 0 aromatic heterocycles. The lowest BCUT2D eigenvalue weighted by molar-refractivity contribution is -0.122. The maximum Gasteiger partial charge on any atom is 0.241 e. The Morgan fingerprint density at radius 3 is 2.36 bits per heavy atom. The number of nitrogens with one attached hydrogen (secondary N) is 3. The van der Waals surface area contributed by atoms with Gasteiger partial charge in [-0.05, 0) is 25.5 Å². The summed E-state index contributed by atoms with van der Waals surface area (Å²) >= 11 is 1.15. The van der Waals surface area contributed by atoms with Gasteiger partial charge in [-0.15, -0.1) is 11.8 Å². The molecule has 1 aliphatic heterocycles. The van der Waals surface area contributed by atoms with E-state index in [9.17, 15) is 18.0 Å². The maximum atomic E-state index is 13.0. The van der Waals surface area contributed by atoms with Gasteiger partial charge in [-0.1, -0.05) is 17.7 Å². The van der Waals surface area contributed by atoms with Crippen LogP contribution in [0.25, 0.3) is 0 Å². The Labute approximate surface area is 197 Å². The number of rotatable bonds is 8. The van der Waals surface area contributed by atoms with Crippen molar-refractivity contribution >= 4 is 39.1 Å². The molecule has 2 aromatic carbocycles. The van der Waals surface area contributed by atoms with Crippen molar-refractivity contribution in [2.24, 2.45) is 0 Å². The molecule has 2 aromatic rings. The van der Waals surface area contributed by atoms with Crippen molar-refractivity contribution < 1.29 is 27.5 Å². The summed E-state index contributed by atoms with van der Waals surface area (Å²) < 4.78 is 36.4. The number of carbonyl (C=O) groups excluding carboxylic acids is 2. The predicted octanol–water partition coefficient (Wildman–Crippen LogP) is 1.84. The third-order valence-corrected chi connectivity index (χ3v) is 8.33. The molecule has 1 saturated heterocycles. The van der Waals surface area contributed by atoms with Crippen LogP contribution in [0.4, 0.5) is 5.69 Å². The minimum Gasteiger partial charge on any atom is -0.497 e. The number of sulfone groups is 1. The molecule has 33 heavy (non-hydrogen) atoms. The average Bonchev–Trinajstić information content (AvgIpc) is 2.77. The van der Waals surface area contributed by atoms with E-state index < -0.39 is 26.5 Å². The summed E-state index contributed by atoms with van der Waals surface area (Å²) in [5, 5.41) is 7.15. The second-order valence-corrected chi connectivity index (χ2v) is 10.8. The Morgan fingerprint density at radius 1 is 1.12 bits per heavy atom. The van der Waals surface area contributed by atoms with E-state index in [2.05, 4.69) is 16.0 Å². The molecule has 0 spiro atoms. The second kappa shape index (κ2) is 10.4. The molecule has 0 saturated carbocycles. The summed E-state index contributed by atoms with van der Waals surface area (Å²) in [6.45, 7) is 3.54. The van der Waals surface area contributed by atoms with Gasteiger partial charge < -0.3 is 20.1 Å². The summed E-state index contributed by atoms with van der Waals surface area (Å²) in [6, 6.07) is 10.0. The van der Waals surface area contributed by atoms with Crippen LogP contribution in [-0.2, 0) is 19.4 Å². The van der Waals surface area contributed by atoms with Crippen LogP contribution in [0, 0.1) is 13.8 Å². The third kappa shape index (κ3) is 5.98. The molecule has 178 valence electrons. The second-order valence-electron chi connectivity index (χ2n) is 7.56. The van der Waals surface area contributed by atoms with Crippen molar-refractivity contribution in [3.63, 3.8) is 0 Å². The third-order valence-electron chi connectivity index (χ3n) is 5.08. The zero-order chi connectivity index (χ0) is 24.2. The Hall–Kier alpha value is -2.76. The van der Waals surface area contributed by atoms with Crippen molar-refractivity contribution in [2.45, 2.75) is 29.5 Å². The van der Waals surface area contributed by atoms with Crippen LogP contribution >= 0.6 is 11.8 Å². The lowest BCUT2D eigenvalue weighted by atomic mass is 10.2. The number of thioether (sulfide) groups is 1. The van der Waals surface area contributed by atoms with Crippen molar-refractivity contribution in [1.82, 2.24) is 10.6 Å². The Morgan fingerprint density at radius 2 is 1.79 bits per heavy atom. The molecule has 1 aliphatic rings. The quantitative estimate of drug-likeness (QED) is 0.509. The molecular weight excluding hydrogens is 466 g/mol. The number of carbonyl (C=O) groups is 2. The number of hydrogen-bond donors (Lipinski definition) is 3. The molecule has 11 heteroatoms. The van der Waals surface area contributed by atoms with Gasteiger partial charge in [-0.2, -0.15) is 0 Å². The minimum atomic E-state index is -3.85. The zero-order valence-electron chi connectivity index (χ0n) is 18.8. The first kappa shape index (κ1) is 24.9. The topological polar surface area (TPSA) is 123 Å². The van der Waals surface area contributed by atoms with E-state index >= 15 is 0 Å². The van der Waals surface area contributed by atoms with Gasteiger partial charge in [0, 0.05) is 30.4 Å². The first-order valence-electron chi connectivity index (χ1n) is 10.1. The first-order chi connectivity index (χ1) is 15.6. The molecule has 0 aliphatic carbocycles. The van der Waals surface area contributed by atoms with Crippen LogP contribution in [-0.4, -0.2) is 57.5 Å². The van der Waals surface area contributed by atoms with E-state index in [4.69, 9.17) is 9.47 Å². The molecule has 3 rings (SSSR count). The van der Waals surface area contributed by atoms with Crippen LogP contribution in [0.3, 0.4) is 0 Å². The van der Waals surface area contributed by atoms with Gasteiger partial charge in [-0.25, -0.2) is 8.42 Å². The standard InChI is InChI=1S/C22H27N3O6S2/c1-13-5-6-18(14(2)7-13)33(28,29)19-11-23-22(25-21(19)27)32-12-20(26)24-15-8-16(30-3)10-17(9-15)31-4/h5-10,19,22-23H,11-12H2,1-4H3,(H,24,26)(H,25,27). The fourth-order valence-corrected chi connectivity index (χ4v) is 5.98. The highest BCUT2D eigenvalue weighted by atomic mass is 32.2. The number of hydrogen-bond acceptors (Lipinski definition) is 8. The molecule has 2 unspecified atom stereocenters. The molecule has 0 bridgehead atoms. The lowest BCUT2D eigenvalue weighted by Crippen LogP contribution is -2.59. The van der Waals surface area contributed by atoms with E-state index in [1.165, 1.54) is 20.3 Å². The minimum absolute atomic E-state index is 0.0337. The molecule has 3 N–H and O–H groups in total. The number of amides is 2. The summed E-state index contributed by atoms with van der Waals surface area (Å²) in [4.78, 5) is 25.1. The van der Waals surface area contributed by atoms with Crippen LogP contribution in [0.15, 0.2) is 41.3 Å². The number of benzene rings is 2. The van der Waals surface area contributed by atoms with Gasteiger partial charge >= 0.3 is 0 Å². The maximum absolute atomic E-state index is 13.0. The average molecular weight is 494 g/mol.